The normalized spacial score (nSPS) is 20.3. The van der Waals surface area contributed by atoms with E-state index in [0.717, 1.165) is 12.8 Å². The minimum atomic E-state index is -4.13. The number of halogens is 3. The molecule has 1 saturated carbocycles. The summed E-state index contributed by atoms with van der Waals surface area (Å²) in [4.78, 5) is 0. The van der Waals surface area contributed by atoms with Gasteiger partial charge >= 0.3 is 6.18 Å². The Bertz CT molecular complexity index is 165. The molecule has 0 aromatic carbocycles. The summed E-state index contributed by atoms with van der Waals surface area (Å²) >= 11 is 0. The van der Waals surface area contributed by atoms with Crippen LogP contribution in [0.5, 0.6) is 0 Å². The summed E-state index contributed by atoms with van der Waals surface area (Å²) in [5.41, 5.74) is -0.0417. The largest absolute Gasteiger partial charge is 0.401 e. The molecule has 0 unspecified atom stereocenters. The van der Waals surface area contributed by atoms with Gasteiger partial charge in [-0.05, 0) is 24.7 Å². The first-order chi connectivity index (χ1) is 5.97. The van der Waals surface area contributed by atoms with Gasteiger partial charge in [-0.25, -0.2) is 0 Å². The average Bonchev–Trinajstić information content (AvgIpc) is 2.67. The lowest BCUT2D eigenvalue weighted by Gasteiger charge is -2.15. The van der Waals surface area contributed by atoms with Gasteiger partial charge in [-0.1, -0.05) is 0 Å². The van der Waals surface area contributed by atoms with Crippen LogP contribution in [0.4, 0.5) is 13.2 Å². The fourth-order valence-corrected chi connectivity index (χ4v) is 1.40. The van der Waals surface area contributed by atoms with Gasteiger partial charge in [0.15, 0.2) is 0 Å². The number of nitrogens with one attached hydrogen (secondary N) is 1. The first kappa shape index (κ1) is 10.8. The molecule has 13 heavy (non-hydrogen) atoms. The van der Waals surface area contributed by atoms with Gasteiger partial charge < -0.3 is 10.4 Å². The van der Waals surface area contributed by atoms with E-state index in [4.69, 9.17) is 5.11 Å². The van der Waals surface area contributed by atoms with E-state index in [-0.39, 0.29) is 12.0 Å². The summed E-state index contributed by atoms with van der Waals surface area (Å²) in [6.07, 6.45) is -1.66. The van der Waals surface area contributed by atoms with Gasteiger partial charge in [-0.3, -0.25) is 0 Å². The highest BCUT2D eigenvalue weighted by Crippen LogP contribution is 2.47. The Labute approximate surface area is 75.1 Å². The van der Waals surface area contributed by atoms with Crippen LogP contribution in [0.2, 0.25) is 0 Å². The van der Waals surface area contributed by atoms with Crippen LogP contribution in [0.15, 0.2) is 0 Å². The van der Waals surface area contributed by atoms with Gasteiger partial charge in [0, 0.05) is 13.2 Å². The summed E-state index contributed by atoms with van der Waals surface area (Å²) in [6, 6.07) is 0. The van der Waals surface area contributed by atoms with Crippen LogP contribution < -0.4 is 5.32 Å². The van der Waals surface area contributed by atoms with E-state index in [1.165, 1.54) is 0 Å². The van der Waals surface area contributed by atoms with Crippen molar-refractivity contribution in [1.29, 1.82) is 0 Å². The zero-order valence-corrected chi connectivity index (χ0v) is 7.32. The van der Waals surface area contributed by atoms with Gasteiger partial charge in [0.2, 0.25) is 0 Å². The molecule has 0 radical (unpaired) electrons. The van der Waals surface area contributed by atoms with Crippen molar-refractivity contribution >= 4 is 0 Å². The van der Waals surface area contributed by atoms with Crippen molar-refractivity contribution in [3.63, 3.8) is 0 Å². The molecule has 78 valence electrons. The molecule has 0 heterocycles. The summed E-state index contributed by atoms with van der Waals surface area (Å²) in [6.45, 7) is -0.499. The standard InChI is InChI=1S/C8H14F3NO/c9-8(10,11)6-12-5-7(1-2-7)3-4-13/h12-13H,1-6H2. The van der Waals surface area contributed by atoms with E-state index in [1.54, 1.807) is 0 Å². The minimum Gasteiger partial charge on any atom is -0.396 e. The zero-order valence-electron chi connectivity index (χ0n) is 7.32. The van der Waals surface area contributed by atoms with E-state index in [9.17, 15) is 13.2 Å². The van der Waals surface area contributed by atoms with Crippen molar-refractivity contribution in [2.24, 2.45) is 5.41 Å². The molecular formula is C8H14F3NO. The molecule has 1 rings (SSSR count). The molecule has 1 fully saturated rings. The Hall–Kier alpha value is -0.290. The zero-order chi connectivity index (χ0) is 9.95. The topological polar surface area (TPSA) is 32.3 Å². The molecule has 1 aliphatic carbocycles. The summed E-state index contributed by atoms with van der Waals surface area (Å²) in [5, 5.41) is 11.0. The highest BCUT2D eigenvalue weighted by molar-refractivity contribution is 4.94. The third kappa shape index (κ3) is 3.95. The Morgan fingerprint density at radius 1 is 1.31 bits per heavy atom. The molecule has 0 aromatic heterocycles. The molecule has 2 N–H and O–H groups in total. The van der Waals surface area contributed by atoms with Crippen LogP contribution in [-0.2, 0) is 0 Å². The van der Waals surface area contributed by atoms with Gasteiger partial charge in [0.25, 0.3) is 0 Å². The number of rotatable bonds is 5. The van der Waals surface area contributed by atoms with E-state index < -0.39 is 12.7 Å². The summed E-state index contributed by atoms with van der Waals surface area (Å²) < 4.78 is 35.2. The molecular weight excluding hydrogens is 183 g/mol. The number of alkyl halides is 3. The molecule has 5 heteroatoms. The van der Waals surface area contributed by atoms with E-state index in [2.05, 4.69) is 5.32 Å². The molecule has 0 aromatic rings. The Kier molecular flexibility index (Phi) is 3.18. The maximum atomic E-state index is 11.7. The lowest BCUT2D eigenvalue weighted by molar-refractivity contribution is -0.125. The van der Waals surface area contributed by atoms with Crippen LogP contribution in [0.1, 0.15) is 19.3 Å². The molecule has 1 aliphatic rings. The second-order valence-electron chi connectivity index (χ2n) is 3.69. The molecule has 0 saturated heterocycles. The van der Waals surface area contributed by atoms with Gasteiger partial charge in [0.1, 0.15) is 0 Å². The minimum absolute atomic E-state index is 0.0417. The smallest absolute Gasteiger partial charge is 0.396 e. The number of hydrogen-bond acceptors (Lipinski definition) is 2. The monoisotopic (exact) mass is 197 g/mol. The number of hydrogen-bond donors (Lipinski definition) is 2. The fourth-order valence-electron chi connectivity index (χ4n) is 1.40. The molecule has 0 bridgehead atoms. The van der Waals surface area contributed by atoms with Gasteiger partial charge in [-0.15, -0.1) is 0 Å². The second kappa shape index (κ2) is 3.84. The molecule has 0 atom stereocenters. The van der Waals surface area contributed by atoms with Crippen LogP contribution >= 0.6 is 0 Å². The second-order valence-corrected chi connectivity index (χ2v) is 3.69. The van der Waals surface area contributed by atoms with Gasteiger partial charge in [0.05, 0.1) is 6.54 Å². The van der Waals surface area contributed by atoms with Crippen LogP contribution in [0, 0.1) is 5.41 Å². The first-order valence-corrected chi connectivity index (χ1v) is 4.36. The maximum Gasteiger partial charge on any atom is 0.401 e. The predicted molar refractivity (Wildman–Crippen MR) is 42.3 cm³/mol. The Balaban J connectivity index is 2.12. The summed E-state index contributed by atoms with van der Waals surface area (Å²) in [7, 11) is 0. The SMILES string of the molecule is OCCC1(CNCC(F)(F)F)CC1. The van der Waals surface area contributed by atoms with Crippen molar-refractivity contribution in [1.82, 2.24) is 5.32 Å². The average molecular weight is 197 g/mol. The van der Waals surface area contributed by atoms with Crippen LogP contribution in [0.3, 0.4) is 0 Å². The predicted octanol–water partition coefficient (Wildman–Crippen LogP) is 1.30. The highest BCUT2D eigenvalue weighted by Gasteiger charge is 2.42. The number of aliphatic hydroxyl groups excluding tert-OH is 1. The van der Waals surface area contributed by atoms with Crippen molar-refractivity contribution < 1.29 is 18.3 Å². The fraction of sp³-hybridized carbons (Fsp3) is 1.00. The van der Waals surface area contributed by atoms with Crippen molar-refractivity contribution in [2.45, 2.75) is 25.4 Å². The maximum absolute atomic E-state index is 11.7. The van der Waals surface area contributed by atoms with E-state index in [1.807, 2.05) is 0 Å². The Morgan fingerprint density at radius 2 is 1.92 bits per heavy atom. The van der Waals surface area contributed by atoms with Crippen molar-refractivity contribution in [3.05, 3.63) is 0 Å². The third-order valence-electron chi connectivity index (χ3n) is 2.42. The van der Waals surface area contributed by atoms with Crippen LogP contribution in [-0.4, -0.2) is 31.0 Å². The van der Waals surface area contributed by atoms with Crippen molar-refractivity contribution in [2.75, 3.05) is 19.7 Å². The molecule has 2 nitrogen and oxygen atoms in total. The summed E-state index contributed by atoms with van der Waals surface area (Å²) in [5.74, 6) is 0. The molecule has 0 amide bonds. The molecule has 0 aliphatic heterocycles. The lowest BCUT2D eigenvalue weighted by atomic mass is 10.0. The van der Waals surface area contributed by atoms with E-state index >= 15 is 0 Å². The quantitative estimate of drug-likeness (QED) is 0.696. The van der Waals surface area contributed by atoms with Crippen molar-refractivity contribution in [3.8, 4) is 0 Å². The third-order valence-corrected chi connectivity index (χ3v) is 2.42. The molecule has 0 spiro atoms. The van der Waals surface area contributed by atoms with E-state index in [0.29, 0.717) is 13.0 Å². The highest BCUT2D eigenvalue weighted by atomic mass is 19.4. The first-order valence-electron chi connectivity index (χ1n) is 4.36. The van der Waals surface area contributed by atoms with Gasteiger partial charge in [-0.2, -0.15) is 13.2 Å². The Morgan fingerprint density at radius 3 is 2.31 bits per heavy atom. The number of aliphatic hydroxyl groups is 1. The van der Waals surface area contributed by atoms with Crippen LogP contribution in [0.25, 0.3) is 0 Å². The lowest BCUT2D eigenvalue weighted by Crippen LogP contribution is -2.33.